The predicted octanol–water partition coefficient (Wildman–Crippen LogP) is 4.80. The van der Waals surface area contributed by atoms with Crippen LogP contribution in [0.4, 0.5) is 0 Å². The summed E-state index contributed by atoms with van der Waals surface area (Å²) in [6.07, 6.45) is 1.58. The Morgan fingerprint density at radius 1 is 0.971 bits per heavy atom. The highest BCUT2D eigenvalue weighted by Crippen LogP contribution is 2.49. The SMILES string of the molecule is COc1ccc([C@@H]2c3ccc(O)cc3Oc3ncn4nc(-c5ccccc5OC)nc4c32)cc1. The smallest absolute Gasteiger partial charge is 0.228 e. The standard InChI is InChI=1S/C26H20N4O4/c1-32-17-10-7-15(8-11-17)22-18-12-9-16(31)13-21(18)34-26-23(22)25-28-24(29-30(25)14-27-26)19-5-3-4-6-20(19)33-2/h3-14,22,31H,1-2H3/t22-/m1/s1. The van der Waals surface area contributed by atoms with E-state index >= 15 is 0 Å². The normalized spacial score (nSPS) is 14.2. The van der Waals surface area contributed by atoms with Gasteiger partial charge < -0.3 is 19.3 Å². The van der Waals surface area contributed by atoms with Gasteiger partial charge in [0.15, 0.2) is 11.5 Å². The van der Waals surface area contributed by atoms with Crippen molar-refractivity contribution in [3.05, 3.63) is 89.7 Å². The summed E-state index contributed by atoms with van der Waals surface area (Å²) in [7, 11) is 3.26. The Balaban J connectivity index is 1.59. The Morgan fingerprint density at radius 3 is 2.59 bits per heavy atom. The quantitative estimate of drug-likeness (QED) is 0.411. The zero-order valence-corrected chi connectivity index (χ0v) is 18.5. The van der Waals surface area contributed by atoms with E-state index in [0.717, 1.165) is 28.0 Å². The van der Waals surface area contributed by atoms with Crippen LogP contribution in [0.25, 0.3) is 17.0 Å². The van der Waals surface area contributed by atoms with Crippen LogP contribution in [0.15, 0.2) is 73.1 Å². The number of aromatic hydroxyl groups is 1. The summed E-state index contributed by atoms with van der Waals surface area (Å²) in [5.74, 6) is 2.83. The van der Waals surface area contributed by atoms with E-state index in [1.807, 2.05) is 54.6 Å². The molecule has 34 heavy (non-hydrogen) atoms. The van der Waals surface area contributed by atoms with E-state index in [9.17, 15) is 5.11 Å². The molecule has 8 heteroatoms. The van der Waals surface area contributed by atoms with Gasteiger partial charge >= 0.3 is 0 Å². The fraction of sp³-hybridized carbons (Fsp3) is 0.115. The van der Waals surface area contributed by atoms with Crippen molar-refractivity contribution >= 4 is 5.65 Å². The predicted molar refractivity (Wildman–Crippen MR) is 125 cm³/mol. The number of methoxy groups -OCH3 is 2. The number of fused-ring (bicyclic) bond motifs is 4. The number of aromatic nitrogens is 4. The van der Waals surface area contributed by atoms with Gasteiger partial charge in [0.25, 0.3) is 0 Å². The topological polar surface area (TPSA) is 91.0 Å². The summed E-state index contributed by atoms with van der Waals surface area (Å²) in [5.41, 5.74) is 4.11. The maximum Gasteiger partial charge on any atom is 0.228 e. The molecule has 0 fully saturated rings. The van der Waals surface area contributed by atoms with Crippen LogP contribution in [-0.2, 0) is 0 Å². The average Bonchev–Trinajstić information content (AvgIpc) is 3.32. The first kappa shape index (κ1) is 20.0. The molecule has 0 amide bonds. The molecule has 0 saturated carbocycles. The number of rotatable bonds is 4. The van der Waals surface area contributed by atoms with Gasteiger partial charge in [-0.05, 0) is 35.9 Å². The maximum atomic E-state index is 10.1. The number of ether oxygens (including phenoxy) is 3. The van der Waals surface area contributed by atoms with E-state index in [1.165, 1.54) is 0 Å². The first-order chi connectivity index (χ1) is 16.7. The summed E-state index contributed by atoms with van der Waals surface area (Å²) in [6, 6.07) is 20.6. The van der Waals surface area contributed by atoms with Crippen molar-refractivity contribution in [3.8, 4) is 40.3 Å². The van der Waals surface area contributed by atoms with Crippen LogP contribution in [0.1, 0.15) is 22.6 Å². The van der Waals surface area contributed by atoms with Crippen molar-refractivity contribution in [2.24, 2.45) is 0 Å². The van der Waals surface area contributed by atoms with Crippen molar-refractivity contribution in [1.82, 2.24) is 19.6 Å². The zero-order chi connectivity index (χ0) is 23.2. The summed E-state index contributed by atoms with van der Waals surface area (Å²) < 4.78 is 18.6. The van der Waals surface area contributed by atoms with Crippen LogP contribution in [-0.4, -0.2) is 38.9 Å². The summed E-state index contributed by atoms with van der Waals surface area (Å²) in [5, 5.41) is 14.7. The molecule has 0 spiro atoms. The van der Waals surface area contributed by atoms with Gasteiger partial charge in [0.1, 0.15) is 29.3 Å². The van der Waals surface area contributed by atoms with Crippen LogP contribution in [0.5, 0.6) is 28.9 Å². The zero-order valence-electron chi connectivity index (χ0n) is 18.5. The molecule has 6 rings (SSSR count). The van der Waals surface area contributed by atoms with Gasteiger partial charge in [-0.1, -0.05) is 30.3 Å². The molecule has 8 nitrogen and oxygen atoms in total. The summed E-state index contributed by atoms with van der Waals surface area (Å²) in [4.78, 5) is 9.42. The third-order valence-corrected chi connectivity index (χ3v) is 5.99. The van der Waals surface area contributed by atoms with Gasteiger partial charge in [-0.2, -0.15) is 0 Å². The van der Waals surface area contributed by atoms with Gasteiger partial charge in [0, 0.05) is 17.5 Å². The largest absolute Gasteiger partial charge is 0.508 e. The molecule has 1 aliphatic heterocycles. The highest BCUT2D eigenvalue weighted by Gasteiger charge is 2.33. The van der Waals surface area contributed by atoms with E-state index in [0.29, 0.717) is 28.9 Å². The Kier molecular flexibility index (Phi) is 4.58. The molecule has 2 aromatic heterocycles. The Hall–Kier alpha value is -4.59. The monoisotopic (exact) mass is 452 g/mol. The molecule has 0 saturated heterocycles. The molecular formula is C26H20N4O4. The maximum absolute atomic E-state index is 10.1. The minimum atomic E-state index is -0.240. The number of hydrogen-bond acceptors (Lipinski definition) is 7. The fourth-order valence-corrected chi connectivity index (χ4v) is 4.39. The third kappa shape index (κ3) is 3.11. The van der Waals surface area contributed by atoms with Gasteiger partial charge in [-0.15, -0.1) is 5.10 Å². The van der Waals surface area contributed by atoms with Gasteiger partial charge in [-0.3, -0.25) is 0 Å². The van der Waals surface area contributed by atoms with Crippen LogP contribution in [0.3, 0.4) is 0 Å². The van der Waals surface area contributed by atoms with Gasteiger partial charge in [0.05, 0.1) is 25.3 Å². The Labute approximate surface area is 195 Å². The molecule has 1 aliphatic rings. The lowest BCUT2D eigenvalue weighted by Gasteiger charge is -2.28. The first-order valence-corrected chi connectivity index (χ1v) is 10.7. The minimum absolute atomic E-state index is 0.123. The van der Waals surface area contributed by atoms with Crippen molar-refractivity contribution in [3.63, 3.8) is 0 Å². The summed E-state index contributed by atoms with van der Waals surface area (Å²) in [6.45, 7) is 0. The van der Waals surface area contributed by atoms with Crippen LogP contribution < -0.4 is 14.2 Å². The number of benzene rings is 3. The Morgan fingerprint density at radius 2 is 1.79 bits per heavy atom. The number of phenolic OH excluding ortho intramolecular Hbond substituents is 1. The molecule has 0 radical (unpaired) electrons. The number of para-hydroxylation sites is 1. The van der Waals surface area contributed by atoms with Crippen molar-refractivity contribution < 1.29 is 19.3 Å². The van der Waals surface area contributed by atoms with Crippen molar-refractivity contribution in [2.45, 2.75) is 5.92 Å². The Bertz CT molecular complexity index is 1530. The molecule has 5 aromatic rings. The minimum Gasteiger partial charge on any atom is -0.508 e. The second-order valence-corrected chi connectivity index (χ2v) is 7.90. The van der Waals surface area contributed by atoms with Gasteiger partial charge in [0.2, 0.25) is 5.88 Å². The summed E-state index contributed by atoms with van der Waals surface area (Å²) >= 11 is 0. The molecule has 3 heterocycles. The molecule has 168 valence electrons. The number of hydrogen-bond donors (Lipinski definition) is 1. The van der Waals surface area contributed by atoms with E-state index in [1.54, 1.807) is 37.2 Å². The number of nitrogens with zero attached hydrogens (tertiary/aromatic N) is 4. The van der Waals surface area contributed by atoms with E-state index < -0.39 is 0 Å². The molecule has 0 bridgehead atoms. The highest BCUT2D eigenvalue weighted by atomic mass is 16.5. The second-order valence-electron chi connectivity index (χ2n) is 7.90. The molecule has 1 N–H and O–H groups in total. The lowest BCUT2D eigenvalue weighted by atomic mass is 9.84. The van der Waals surface area contributed by atoms with Crippen molar-refractivity contribution in [2.75, 3.05) is 14.2 Å². The molecule has 3 aromatic carbocycles. The molecule has 0 unspecified atom stereocenters. The second kappa shape index (κ2) is 7.77. The molecular weight excluding hydrogens is 432 g/mol. The lowest BCUT2D eigenvalue weighted by Crippen LogP contribution is -2.15. The van der Waals surface area contributed by atoms with Crippen LogP contribution in [0.2, 0.25) is 0 Å². The van der Waals surface area contributed by atoms with Crippen LogP contribution in [0, 0.1) is 0 Å². The lowest BCUT2D eigenvalue weighted by molar-refractivity contribution is 0.414. The highest BCUT2D eigenvalue weighted by molar-refractivity contribution is 5.70. The van der Waals surface area contributed by atoms with Crippen LogP contribution >= 0.6 is 0 Å². The van der Waals surface area contributed by atoms with E-state index in [4.69, 9.17) is 19.2 Å². The van der Waals surface area contributed by atoms with E-state index in [-0.39, 0.29) is 11.7 Å². The molecule has 1 atom stereocenters. The average molecular weight is 452 g/mol. The number of phenols is 1. The van der Waals surface area contributed by atoms with E-state index in [2.05, 4.69) is 10.1 Å². The third-order valence-electron chi connectivity index (χ3n) is 5.99. The fourth-order valence-electron chi connectivity index (χ4n) is 4.39. The molecule has 0 aliphatic carbocycles. The van der Waals surface area contributed by atoms with Crippen molar-refractivity contribution in [1.29, 1.82) is 0 Å². The van der Waals surface area contributed by atoms with Gasteiger partial charge in [-0.25, -0.2) is 14.5 Å². The first-order valence-electron chi connectivity index (χ1n) is 10.7.